The second-order valence-electron chi connectivity index (χ2n) is 6.89. The van der Waals surface area contributed by atoms with E-state index < -0.39 is 0 Å². The average Bonchev–Trinajstić information content (AvgIpc) is 3.31. The molecule has 1 aromatic heterocycles. The molecule has 0 bridgehead atoms. The number of carbonyl (C=O) groups excluding carboxylic acids is 2. The molecule has 6 heteroatoms. The lowest BCUT2D eigenvalue weighted by Crippen LogP contribution is -2.40. The summed E-state index contributed by atoms with van der Waals surface area (Å²) in [4.78, 5) is 30.6. The summed E-state index contributed by atoms with van der Waals surface area (Å²) in [6.07, 6.45) is 7.10. The molecule has 1 saturated carbocycles. The Morgan fingerprint density at radius 2 is 1.96 bits per heavy atom. The summed E-state index contributed by atoms with van der Waals surface area (Å²) in [6, 6.07) is 0. The molecule has 0 spiro atoms. The maximum absolute atomic E-state index is 12.5. The Labute approximate surface area is 147 Å². The first-order chi connectivity index (χ1) is 11.7. The van der Waals surface area contributed by atoms with E-state index in [0.717, 1.165) is 49.5 Å². The Kier molecular flexibility index (Phi) is 5.87. The predicted octanol–water partition coefficient (Wildman–Crippen LogP) is 3.07. The molecule has 2 amide bonds. The SMILES string of the molecule is CCC(=O)NCc1csc(C2CCN(C(=O)C3CCCC3)CC2)n1. The number of aromatic nitrogens is 1. The smallest absolute Gasteiger partial charge is 0.225 e. The molecular weight excluding hydrogens is 322 g/mol. The maximum atomic E-state index is 12.5. The van der Waals surface area contributed by atoms with Gasteiger partial charge in [-0.3, -0.25) is 9.59 Å². The van der Waals surface area contributed by atoms with E-state index in [1.54, 1.807) is 11.3 Å². The van der Waals surface area contributed by atoms with Crippen molar-refractivity contribution in [2.75, 3.05) is 13.1 Å². The van der Waals surface area contributed by atoms with E-state index in [4.69, 9.17) is 0 Å². The third-order valence-electron chi connectivity index (χ3n) is 5.22. The Balaban J connectivity index is 1.48. The summed E-state index contributed by atoms with van der Waals surface area (Å²) in [6.45, 7) is 4.09. The summed E-state index contributed by atoms with van der Waals surface area (Å²) in [5.74, 6) is 1.18. The van der Waals surface area contributed by atoms with Crippen molar-refractivity contribution in [1.82, 2.24) is 15.2 Å². The summed E-state index contributed by atoms with van der Waals surface area (Å²) in [5.41, 5.74) is 0.946. The highest BCUT2D eigenvalue weighted by atomic mass is 32.1. The molecule has 0 atom stereocenters. The van der Waals surface area contributed by atoms with Crippen molar-refractivity contribution in [2.45, 2.75) is 64.3 Å². The highest BCUT2D eigenvalue weighted by Crippen LogP contribution is 2.33. The van der Waals surface area contributed by atoms with E-state index in [9.17, 15) is 9.59 Å². The van der Waals surface area contributed by atoms with Gasteiger partial charge in [0.15, 0.2) is 0 Å². The van der Waals surface area contributed by atoms with Crippen LogP contribution in [0.4, 0.5) is 0 Å². The van der Waals surface area contributed by atoms with Crippen LogP contribution < -0.4 is 5.32 Å². The first kappa shape index (κ1) is 17.4. The van der Waals surface area contributed by atoms with E-state index in [0.29, 0.717) is 24.8 Å². The van der Waals surface area contributed by atoms with Crippen LogP contribution in [0.1, 0.15) is 68.5 Å². The quantitative estimate of drug-likeness (QED) is 0.888. The summed E-state index contributed by atoms with van der Waals surface area (Å²) in [5, 5.41) is 6.07. The Hall–Kier alpha value is -1.43. The number of nitrogens with zero attached hydrogens (tertiary/aromatic N) is 2. The minimum absolute atomic E-state index is 0.0586. The lowest BCUT2D eigenvalue weighted by Gasteiger charge is -2.32. The second kappa shape index (κ2) is 8.10. The molecule has 1 aliphatic heterocycles. The summed E-state index contributed by atoms with van der Waals surface area (Å²) >= 11 is 1.68. The highest BCUT2D eigenvalue weighted by Gasteiger charge is 2.31. The van der Waals surface area contributed by atoms with Crippen LogP contribution in [0, 0.1) is 5.92 Å². The fourth-order valence-electron chi connectivity index (χ4n) is 3.68. The van der Waals surface area contributed by atoms with Crippen molar-refractivity contribution < 1.29 is 9.59 Å². The Bertz CT molecular complexity index is 573. The molecule has 24 heavy (non-hydrogen) atoms. The van der Waals surface area contributed by atoms with Crippen LogP contribution in [-0.4, -0.2) is 34.8 Å². The van der Waals surface area contributed by atoms with Crippen LogP contribution in [0.5, 0.6) is 0 Å². The van der Waals surface area contributed by atoms with E-state index >= 15 is 0 Å². The standard InChI is InChI=1S/C18H27N3O2S/c1-2-16(22)19-11-15-12-24-17(20-15)13-7-9-21(10-8-13)18(23)14-5-3-4-6-14/h12-14H,2-11H2,1H3,(H,19,22). The lowest BCUT2D eigenvalue weighted by molar-refractivity contribution is -0.136. The summed E-state index contributed by atoms with van der Waals surface area (Å²) in [7, 11) is 0. The number of thiazole rings is 1. The van der Waals surface area contributed by atoms with Crippen LogP contribution in [-0.2, 0) is 16.1 Å². The molecule has 1 N–H and O–H groups in total. The molecule has 2 aliphatic rings. The zero-order valence-corrected chi connectivity index (χ0v) is 15.2. The van der Waals surface area contributed by atoms with Gasteiger partial charge in [-0.1, -0.05) is 19.8 Å². The average molecular weight is 350 g/mol. The van der Waals surface area contributed by atoms with Crippen molar-refractivity contribution in [3.05, 3.63) is 16.1 Å². The number of carbonyl (C=O) groups is 2. The van der Waals surface area contributed by atoms with Crippen LogP contribution in [0.25, 0.3) is 0 Å². The normalized spacial score (nSPS) is 19.6. The molecule has 0 unspecified atom stereocenters. The van der Waals surface area contributed by atoms with E-state index in [-0.39, 0.29) is 11.8 Å². The van der Waals surface area contributed by atoms with Crippen molar-refractivity contribution in [1.29, 1.82) is 0 Å². The first-order valence-electron chi connectivity index (χ1n) is 9.17. The maximum Gasteiger partial charge on any atom is 0.225 e. The minimum Gasteiger partial charge on any atom is -0.350 e. The second-order valence-corrected chi connectivity index (χ2v) is 7.78. The van der Waals surface area contributed by atoms with Crippen LogP contribution in [0.2, 0.25) is 0 Å². The third kappa shape index (κ3) is 4.15. The van der Waals surface area contributed by atoms with Gasteiger partial charge in [-0.25, -0.2) is 4.98 Å². The largest absolute Gasteiger partial charge is 0.350 e. The fraction of sp³-hybridized carbons (Fsp3) is 0.722. The number of nitrogens with one attached hydrogen (secondary N) is 1. The van der Waals surface area contributed by atoms with Gasteiger partial charge in [0.05, 0.1) is 17.2 Å². The van der Waals surface area contributed by atoms with Crippen molar-refractivity contribution in [3.8, 4) is 0 Å². The Morgan fingerprint density at radius 3 is 2.62 bits per heavy atom. The molecule has 0 aromatic carbocycles. The number of hydrogen-bond donors (Lipinski definition) is 1. The molecule has 5 nitrogen and oxygen atoms in total. The lowest BCUT2D eigenvalue weighted by atomic mass is 9.96. The topological polar surface area (TPSA) is 62.3 Å². The van der Waals surface area contributed by atoms with Gasteiger partial charge >= 0.3 is 0 Å². The van der Waals surface area contributed by atoms with Gasteiger partial charge in [-0.05, 0) is 25.7 Å². The first-order valence-corrected chi connectivity index (χ1v) is 10.0. The van der Waals surface area contributed by atoms with Gasteiger partial charge in [-0.2, -0.15) is 0 Å². The molecule has 2 fully saturated rings. The predicted molar refractivity (Wildman–Crippen MR) is 94.8 cm³/mol. The van der Waals surface area contributed by atoms with Gasteiger partial charge in [-0.15, -0.1) is 11.3 Å². The molecule has 132 valence electrons. The van der Waals surface area contributed by atoms with E-state index in [2.05, 4.69) is 15.2 Å². The highest BCUT2D eigenvalue weighted by molar-refractivity contribution is 7.09. The van der Waals surface area contributed by atoms with Gasteiger partial charge in [0.2, 0.25) is 11.8 Å². The molecular formula is C18H27N3O2S. The summed E-state index contributed by atoms with van der Waals surface area (Å²) < 4.78 is 0. The third-order valence-corrected chi connectivity index (χ3v) is 6.27. The molecule has 1 aromatic rings. The van der Waals surface area contributed by atoms with Crippen molar-refractivity contribution in [2.24, 2.45) is 5.92 Å². The zero-order chi connectivity index (χ0) is 16.9. The van der Waals surface area contributed by atoms with Crippen molar-refractivity contribution >= 4 is 23.2 Å². The molecule has 0 radical (unpaired) electrons. The molecule has 3 rings (SSSR count). The van der Waals surface area contributed by atoms with Crippen LogP contribution in [0.15, 0.2) is 5.38 Å². The number of likely N-dealkylation sites (tertiary alicyclic amines) is 1. The number of rotatable bonds is 5. The van der Waals surface area contributed by atoms with Crippen LogP contribution >= 0.6 is 11.3 Å². The van der Waals surface area contributed by atoms with Crippen molar-refractivity contribution in [3.63, 3.8) is 0 Å². The molecule has 1 saturated heterocycles. The number of amides is 2. The molecule has 1 aliphatic carbocycles. The van der Waals surface area contributed by atoms with Gasteiger partial charge in [0.25, 0.3) is 0 Å². The van der Waals surface area contributed by atoms with Gasteiger partial charge in [0, 0.05) is 36.7 Å². The van der Waals surface area contributed by atoms with Crippen LogP contribution in [0.3, 0.4) is 0 Å². The van der Waals surface area contributed by atoms with E-state index in [1.807, 2.05) is 12.3 Å². The van der Waals surface area contributed by atoms with Gasteiger partial charge < -0.3 is 10.2 Å². The molecule has 2 heterocycles. The fourth-order valence-corrected chi connectivity index (χ4v) is 4.67. The Morgan fingerprint density at radius 1 is 1.25 bits per heavy atom. The monoisotopic (exact) mass is 349 g/mol. The van der Waals surface area contributed by atoms with E-state index in [1.165, 1.54) is 12.8 Å². The van der Waals surface area contributed by atoms with Gasteiger partial charge in [0.1, 0.15) is 0 Å². The number of hydrogen-bond acceptors (Lipinski definition) is 4. The zero-order valence-electron chi connectivity index (χ0n) is 14.4. The number of piperidine rings is 1. The minimum atomic E-state index is 0.0586.